The molecule has 0 saturated carbocycles. The van der Waals surface area contributed by atoms with Gasteiger partial charge in [0.05, 0.1) is 7.11 Å². The highest BCUT2D eigenvalue weighted by Gasteiger charge is 2.21. The fourth-order valence-electron chi connectivity index (χ4n) is 2.71. The number of aromatic nitrogens is 2. The van der Waals surface area contributed by atoms with Gasteiger partial charge in [0.15, 0.2) is 0 Å². The summed E-state index contributed by atoms with van der Waals surface area (Å²) in [5.41, 5.74) is 2.76. The second-order valence-corrected chi connectivity index (χ2v) is 6.07. The molecule has 26 heavy (non-hydrogen) atoms. The van der Waals surface area contributed by atoms with Crippen molar-refractivity contribution in [3.05, 3.63) is 77.9 Å². The van der Waals surface area contributed by atoms with Gasteiger partial charge in [-0.1, -0.05) is 29.8 Å². The average molecular weight is 350 g/mol. The van der Waals surface area contributed by atoms with E-state index in [0.29, 0.717) is 0 Å². The Hall–Kier alpha value is -3.28. The standard InChI is InChI=1S/C20H22N4O2/c1-14-7-9-16(10-8-14)22-20(25)23-18(19-21-11-12-24(19)2)15-5-4-6-17(13-15)26-3/h4-13,18H,1-3H3,(H2,22,23,25)/t18-/m0/s1. The van der Waals surface area contributed by atoms with Crippen LogP contribution in [0.25, 0.3) is 0 Å². The van der Waals surface area contributed by atoms with E-state index in [2.05, 4.69) is 15.6 Å². The monoisotopic (exact) mass is 350 g/mol. The lowest BCUT2D eigenvalue weighted by Crippen LogP contribution is -2.34. The van der Waals surface area contributed by atoms with Crippen LogP contribution < -0.4 is 15.4 Å². The van der Waals surface area contributed by atoms with Gasteiger partial charge in [-0.2, -0.15) is 0 Å². The Kier molecular flexibility index (Phi) is 5.22. The molecule has 3 aromatic rings. The maximum atomic E-state index is 12.6. The number of ether oxygens (including phenoxy) is 1. The Balaban J connectivity index is 1.85. The minimum atomic E-state index is -0.407. The first kappa shape index (κ1) is 17.5. The molecule has 0 spiro atoms. The van der Waals surface area contributed by atoms with Crippen LogP contribution in [0, 0.1) is 6.92 Å². The summed E-state index contributed by atoms with van der Waals surface area (Å²) in [6, 6.07) is 14.5. The third-order valence-corrected chi connectivity index (χ3v) is 4.13. The Labute approximate surface area is 152 Å². The predicted molar refractivity (Wildman–Crippen MR) is 101 cm³/mol. The van der Waals surface area contributed by atoms with Crippen LogP contribution in [0.1, 0.15) is 23.0 Å². The van der Waals surface area contributed by atoms with Crippen molar-refractivity contribution < 1.29 is 9.53 Å². The summed E-state index contributed by atoms with van der Waals surface area (Å²) >= 11 is 0. The minimum absolute atomic E-state index is 0.301. The van der Waals surface area contributed by atoms with Crippen LogP contribution in [-0.4, -0.2) is 22.7 Å². The second kappa shape index (κ2) is 7.74. The van der Waals surface area contributed by atoms with Crippen molar-refractivity contribution in [2.45, 2.75) is 13.0 Å². The van der Waals surface area contributed by atoms with E-state index in [4.69, 9.17) is 4.74 Å². The molecule has 0 aliphatic carbocycles. The van der Waals surface area contributed by atoms with Crippen molar-refractivity contribution in [3.63, 3.8) is 0 Å². The van der Waals surface area contributed by atoms with Crippen molar-refractivity contribution in [1.82, 2.24) is 14.9 Å². The van der Waals surface area contributed by atoms with Crippen LogP contribution in [-0.2, 0) is 7.05 Å². The molecule has 0 bridgehead atoms. The lowest BCUT2D eigenvalue weighted by Gasteiger charge is -2.20. The molecule has 1 aromatic heterocycles. The molecule has 2 amide bonds. The Morgan fingerprint density at radius 2 is 1.96 bits per heavy atom. The number of nitrogens with one attached hydrogen (secondary N) is 2. The van der Waals surface area contributed by atoms with Gasteiger partial charge < -0.3 is 19.9 Å². The average Bonchev–Trinajstić information content (AvgIpc) is 3.07. The number of anilines is 1. The zero-order chi connectivity index (χ0) is 18.5. The number of nitrogens with zero attached hydrogens (tertiary/aromatic N) is 2. The van der Waals surface area contributed by atoms with E-state index in [-0.39, 0.29) is 6.03 Å². The van der Waals surface area contributed by atoms with Crippen molar-refractivity contribution in [1.29, 1.82) is 0 Å². The van der Waals surface area contributed by atoms with Gasteiger partial charge in [-0.3, -0.25) is 0 Å². The Morgan fingerprint density at radius 1 is 1.19 bits per heavy atom. The summed E-state index contributed by atoms with van der Waals surface area (Å²) in [5.74, 6) is 1.46. The van der Waals surface area contributed by atoms with Crippen molar-refractivity contribution >= 4 is 11.7 Å². The number of urea groups is 1. The number of hydrogen-bond acceptors (Lipinski definition) is 3. The van der Waals surface area contributed by atoms with Gasteiger partial charge in [0.2, 0.25) is 0 Å². The highest BCUT2D eigenvalue weighted by atomic mass is 16.5. The Morgan fingerprint density at radius 3 is 2.62 bits per heavy atom. The summed E-state index contributed by atoms with van der Waals surface area (Å²) in [6.07, 6.45) is 3.56. The first-order chi connectivity index (χ1) is 12.6. The molecule has 0 aliphatic rings. The molecule has 1 heterocycles. The van der Waals surface area contributed by atoms with Crippen LogP contribution >= 0.6 is 0 Å². The number of carbonyl (C=O) groups excluding carboxylic acids is 1. The summed E-state index contributed by atoms with van der Waals surface area (Å²) in [5, 5.41) is 5.86. The van der Waals surface area contributed by atoms with Crippen molar-refractivity contribution in [2.24, 2.45) is 7.05 Å². The van der Waals surface area contributed by atoms with Gasteiger partial charge in [0.1, 0.15) is 17.6 Å². The smallest absolute Gasteiger partial charge is 0.320 e. The zero-order valence-electron chi connectivity index (χ0n) is 15.1. The number of aryl methyl sites for hydroxylation is 2. The predicted octanol–water partition coefficient (Wildman–Crippen LogP) is 3.65. The number of methoxy groups -OCH3 is 1. The second-order valence-electron chi connectivity index (χ2n) is 6.07. The highest BCUT2D eigenvalue weighted by molar-refractivity contribution is 5.89. The van der Waals surface area contributed by atoms with E-state index in [0.717, 1.165) is 28.4 Å². The molecule has 134 valence electrons. The summed E-state index contributed by atoms with van der Waals surface area (Å²) in [6.45, 7) is 2.00. The SMILES string of the molecule is COc1cccc([C@H](NC(=O)Nc2ccc(C)cc2)c2nccn2C)c1. The molecule has 0 fully saturated rings. The minimum Gasteiger partial charge on any atom is -0.497 e. The molecule has 0 radical (unpaired) electrons. The highest BCUT2D eigenvalue weighted by Crippen LogP contribution is 2.24. The quantitative estimate of drug-likeness (QED) is 0.738. The number of carbonyl (C=O) groups is 1. The number of rotatable bonds is 5. The van der Waals surface area contributed by atoms with Gasteiger partial charge >= 0.3 is 6.03 Å². The molecular weight excluding hydrogens is 328 g/mol. The molecule has 6 heteroatoms. The van der Waals surface area contributed by atoms with Crippen LogP contribution in [0.5, 0.6) is 5.75 Å². The van der Waals surface area contributed by atoms with Crippen LogP contribution in [0.3, 0.4) is 0 Å². The van der Waals surface area contributed by atoms with Crippen LogP contribution in [0.4, 0.5) is 10.5 Å². The van der Waals surface area contributed by atoms with Gasteiger partial charge in [0.25, 0.3) is 0 Å². The molecule has 2 N–H and O–H groups in total. The number of hydrogen-bond donors (Lipinski definition) is 2. The zero-order valence-corrected chi connectivity index (χ0v) is 15.1. The molecule has 2 aromatic carbocycles. The van der Waals surface area contributed by atoms with Gasteiger partial charge in [-0.15, -0.1) is 0 Å². The summed E-state index contributed by atoms with van der Waals surface area (Å²) in [7, 11) is 3.52. The van der Waals surface area contributed by atoms with Crippen molar-refractivity contribution in [2.75, 3.05) is 12.4 Å². The fraction of sp³-hybridized carbons (Fsp3) is 0.200. The molecule has 0 unspecified atom stereocenters. The van der Waals surface area contributed by atoms with Crippen molar-refractivity contribution in [3.8, 4) is 5.75 Å². The number of amides is 2. The largest absolute Gasteiger partial charge is 0.497 e. The lowest BCUT2D eigenvalue weighted by molar-refractivity contribution is 0.249. The first-order valence-corrected chi connectivity index (χ1v) is 8.32. The Bertz CT molecular complexity index is 887. The normalized spacial score (nSPS) is 11.7. The van der Waals surface area contributed by atoms with E-state index in [1.165, 1.54) is 0 Å². The molecule has 6 nitrogen and oxygen atoms in total. The topological polar surface area (TPSA) is 68.2 Å². The molecule has 0 saturated heterocycles. The van der Waals surface area contributed by atoms with Crippen LogP contribution in [0.15, 0.2) is 60.9 Å². The first-order valence-electron chi connectivity index (χ1n) is 8.32. The maximum Gasteiger partial charge on any atom is 0.320 e. The lowest BCUT2D eigenvalue weighted by atomic mass is 10.1. The molecule has 3 rings (SSSR count). The molecular formula is C20H22N4O2. The summed E-state index contributed by atoms with van der Waals surface area (Å²) < 4.78 is 7.19. The molecule has 0 aliphatic heterocycles. The van der Waals surface area contributed by atoms with E-state index in [1.54, 1.807) is 13.3 Å². The summed E-state index contributed by atoms with van der Waals surface area (Å²) in [4.78, 5) is 17.0. The van der Waals surface area contributed by atoms with Gasteiger partial charge in [-0.05, 0) is 36.8 Å². The molecule has 1 atom stereocenters. The fourth-order valence-corrected chi connectivity index (χ4v) is 2.71. The van der Waals surface area contributed by atoms with Gasteiger partial charge in [0, 0.05) is 25.1 Å². The third-order valence-electron chi connectivity index (χ3n) is 4.13. The van der Waals surface area contributed by atoms with Crippen LogP contribution in [0.2, 0.25) is 0 Å². The van der Waals surface area contributed by atoms with Gasteiger partial charge in [-0.25, -0.2) is 9.78 Å². The third kappa shape index (κ3) is 4.03. The number of benzene rings is 2. The van der Waals surface area contributed by atoms with E-state index < -0.39 is 6.04 Å². The maximum absolute atomic E-state index is 12.6. The van der Waals surface area contributed by atoms with E-state index in [1.807, 2.05) is 73.3 Å². The number of imidazole rings is 1. The van der Waals surface area contributed by atoms with E-state index in [9.17, 15) is 4.79 Å². The van der Waals surface area contributed by atoms with E-state index >= 15 is 0 Å².